The summed E-state index contributed by atoms with van der Waals surface area (Å²) in [4.78, 5) is 10.9. The summed E-state index contributed by atoms with van der Waals surface area (Å²) in [5, 5.41) is 8.92. The van der Waals surface area contributed by atoms with E-state index in [1.165, 1.54) is 0 Å². The minimum Gasteiger partial charge on any atom is -0.480 e. The quantitative estimate of drug-likeness (QED) is 0.730. The second kappa shape index (κ2) is 3.13. The zero-order valence-corrected chi connectivity index (χ0v) is 9.03. The van der Waals surface area contributed by atoms with Crippen LogP contribution in [-0.4, -0.2) is 15.4 Å². The molecule has 0 aliphatic rings. The van der Waals surface area contributed by atoms with Crippen molar-refractivity contribution in [1.82, 2.24) is 0 Å². The Hall–Kier alpha value is -0.0500. The third kappa shape index (κ3) is 1.95. The van der Waals surface area contributed by atoms with E-state index in [4.69, 9.17) is 5.11 Å². The SMILES string of the molecule is CCC(Br)(C(=O)O)C(C)(C)C. The summed E-state index contributed by atoms with van der Waals surface area (Å²) in [6, 6.07) is 0. The first kappa shape index (κ1) is 11.0. The van der Waals surface area contributed by atoms with E-state index < -0.39 is 10.3 Å². The van der Waals surface area contributed by atoms with Gasteiger partial charge in [-0.3, -0.25) is 4.79 Å². The Bertz CT molecular complexity index is 160. The van der Waals surface area contributed by atoms with Crippen LogP contribution in [0, 0.1) is 5.41 Å². The number of hydrogen-bond acceptors (Lipinski definition) is 1. The number of halogens is 1. The molecule has 0 saturated carbocycles. The maximum absolute atomic E-state index is 10.9. The van der Waals surface area contributed by atoms with Crippen molar-refractivity contribution in [2.45, 2.75) is 38.4 Å². The van der Waals surface area contributed by atoms with E-state index >= 15 is 0 Å². The fraction of sp³-hybridized carbons (Fsp3) is 0.875. The Morgan fingerprint density at radius 2 is 1.82 bits per heavy atom. The number of carboxylic acid groups (broad SMARTS) is 1. The van der Waals surface area contributed by atoms with Crippen LogP contribution >= 0.6 is 15.9 Å². The third-order valence-corrected chi connectivity index (χ3v) is 4.10. The van der Waals surface area contributed by atoms with Gasteiger partial charge in [0.05, 0.1) is 0 Å². The lowest BCUT2D eigenvalue weighted by Crippen LogP contribution is -2.43. The van der Waals surface area contributed by atoms with Gasteiger partial charge in [-0.15, -0.1) is 0 Å². The zero-order chi connectivity index (χ0) is 9.28. The Kier molecular flexibility index (Phi) is 3.12. The predicted molar refractivity (Wildman–Crippen MR) is 49.0 cm³/mol. The van der Waals surface area contributed by atoms with E-state index in [0.29, 0.717) is 6.42 Å². The molecule has 0 aromatic carbocycles. The molecular weight excluding hydrogens is 208 g/mol. The molecule has 0 radical (unpaired) electrons. The molecule has 66 valence electrons. The summed E-state index contributed by atoms with van der Waals surface area (Å²) in [7, 11) is 0. The van der Waals surface area contributed by atoms with Crippen molar-refractivity contribution >= 4 is 21.9 Å². The molecule has 1 atom stereocenters. The number of alkyl halides is 1. The Morgan fingerprint density at radius 3 is 1.82 bits per heavy atom. The molecule has 0 aliphatic carbocycles. The van der Waals surface area contributed by atoms with Crippen molar-refractivity contribution in [1.29, 1.82) is 0 Å². The van der Waals surface area contributed by atoms with Crippen LogP contribution < -0.4 is 0 Å². The second-order valence-corrected chi connectivity index (χ2v) is 5.06. The summed E-state index contributed by atoms with van der Waals surface area (Å²) in [6.45, 7) is 7.62. The predicted octanol–water partition coefficient (Wildman–Crippen LogP) is 2.66. The van der Waals surface area contributed by atoms with Crippen molar-refractivity contribution < 1.29 is 9.90 Å². The molecule has 0 aromatic heterocycles. The van der Waals surface area contributed by atoms with E-state index in [1.54, 1.807) is 0 Å². The zero-order valence-electron chi connectivity index (χ0n) is 7.44. The summed E-state index contributed by atoms with van der Waals surface area (Å²) in [5.41, 5.74) is -0.256. The molecule has 11 heavy (non-hydrogen) atoms. The second-order valence-electron chi connectivity index (χ2n) is 3.71. The number of aliphatic carboxylic acids is 1. The summed E-state index contributed by atoms with van der Waals surface area (Å²) < 4.78 is -0.792. The molecule has 0 spiro atoms. The van der Waals surface area contributed by atoms with Crippen LogP contribution in [-0.2, 0) is 4.79 Å². The van der Waals surface area contributed by atoms with E-state index in [9.17, 15) is 4.79 Å². The molecule has 0 fully saturated rings. The van der Waals surface area contributed by atoms with Crippen LogP contribution in [0.15, 0.2) is 0 Å². The van der Waals surface area contributed by atoms with Gasteiger partial charge in [-0.25, -0.2) is 0 Å². The molecule has 0 bridgehead atoms. The standard InChI is InChI=1S/C8H15BrO2/c1-5-8(9,6(10)11)7(2,3)4/h5H2,1-4H3,(H,10,11). The van der Waals surface area contributed by atoms with Crippen molar-refractivity contribution in [3.8, 4) is 0 Å². The molecule has 1 unspecified atom stereocenters. The Balaban J connectivity index is 4.75. The van der Waals surface area contributed by atoms with Gasteiger partial charge in [-0.2, -0.15) is 0 Å². The van der Waals surface area contributed by atoms with E-state index in [0.717, 1.165) is 0 Å². The van der Waals surface area contributed by atoms with Gasteiger partial charge in [-0.1, -0.05) is 43.6 Å². The van der Waals surface area contributed by atoms with Gasteiger partial charge >= 0.3 is 5.97 Å². The minimum absolute atomic E-state index is 0.256. The Labute approximate surface area is 76.1 Å². The minimum atomic E-state index is -0.792. The molecule has 0 rings (SSSR count). The molecule has 0 aliphatic heterocycles. The van der Waals surface area contributed by atoms with Gasteiger partial charge < -0.3 is 5.11 Å². The normalized spacial score (nSPS) is 17.5. The number of hydrogen-bond donors (Lipinski definition) is 1. The van der Waals surface area contributed by atoms with Crippen molar-refractivity contribution in [2.75, 3.05) is 0 Å². The van der Waals surface area contributed by atoms with Crippen molar-refractivity contribution in [3.05, 3.63) is 0 Å². The van der Waals surface area contributed by atoms with Crippen LogP contribution in [0.3, 0.4) is 0 Å². The van der Waals surface area contributed by atoms with E-state index in [2.05, 4.69) is 15.9 Å². The highest BCUT2D eigenvalue weighted by Crippen LogP contribution is 2.40. The average molecular weight is 223 g/mol. The number of rotatable bonds is 2. The largest absolute Gasteiger partial charge is 0.480 e. The Morgan fingerprint density at radius 1 is 1.45 bits per heavy atom. The van der Waals surface area contributed by atoms with Gasteiger partial charge in [-0.05, 0) is 11.8 Å². The van der Waals surface area contributed by atoms with Gasteiger partial charge in [0.1, 0.15) is 4.32 Å². The fourth-order valence-corrected chi connectivity index (χ4v) is 1.00. The van der Waals surface area contributed by atoms with Gasteiger partial charge in [0.25, 0.3) is 0 Å². The summed E-state index contributed by atoms with van der Waals surface area (Å²) >= 11 is 3.27. The molecule has 0 heterocycles. The molecule has 0 aromatic rings. The van der Waals surface area contributed by atoms with Crippen LogP contribution in [0.2, 0.25) is 0 Å². The first-order chi connectivity index (χ1) is 4.75. The van der Waals surface area contributed by atoms with Crippen molar-refractivity contribution in [3.63, 3.8) is 0 Å². The van der Waals surface area contributed by atoms with Crippen LogP contribution in [0.1, 0.15) is 34.1 Å². The molecular formula is C8H15BrO2. The topological polar surface area (TPSA) is 37.3 Å². The molecule has 1 N–H and O–H groups in total. The lowest BCUT2D eigenvalue weighted by atomic mass is 9.79. The average Bonchev–Trinajstić information content (AvgIpc) is 1.83. The summed E-state index contributed by atoms with van der Waals surface area (Å²) in [5.74, 6) is -0.785. The number of carboxylic acids is 1. The van der Waals surface area contributed by atoms with E-state index in [1.807, 2.05) is 27.7 Å². The van der Waals surface area contributed by atoms with Crippen LogP contribution in [0.25, 0.3) is 0 Å². The van der Waals surface area contributed by atoms with Gasteiger partial charge in [0, 0.05) is 0 Å². The fourth-order valence-electron chi connectivity index (χ4n) is 1.00. The highest BCUT2D eigenvalue weighted by molar-refractivity contribution is 9.10. The van der Waals surface area contributed by atoms with Crippen molar-refractivity contribution in [2.24, 2.45) is 5.41 Å². The molecule has 3 heteroatoms. The maximum atomic E-state index is 10.9. The van der Waals surface area contributed by atoms with Gasteiger partial charge in [0.2, 0.25) is 0 Å². The van der Waals surface area contributed by atoms with Gasteiger partial charge in [0.15, 0.2) is 0 Å². The molecule has 0 amide bonds. The monoisotopic (exact) mass is 222 g/mol. The first-order valence-corrected chi connectivity index (χ1v) is 4.47. The smallest absolute Gasteiger partial charge is 0.320 e. The highest BCUT2D eigenvalue weighted by Gasteiger charge is 2.44. The lowest BCUT2D eigenvalue weighted by molar-refractivity contribution is -0.142. The summed E-state index contributed by atoms with van der Waals surface area (Å²) in [6.07, 6.45) is 0.589. The maximum Gasteiger partial charge on any atom is 0.320 e. The van der Waals surface area contributed by atoms with Crippen LogP contribution in [0.5, 0.6) is 0 Å². The highest BCUT2D eigenvalue weighted by atomic mass is 79.9. The third-order valence-electron chi connectivity index (χ3n) is 2.01. The molecule has 2 nitrogen and oxygen atoms in total. The first-order valence-electron chi connectivity index (χ1n) is 3.68. The van der Waals surface area contributed by atoms with E-state index in [-0.39, 0.29) is 5.41 Å². The molecule has 0 saturated heterocycles. The number of carbonyl (C=O) groups is 1. The lowest BCUT2D eigenvalue weighted by Gasteiger charge is -2.35. The van der Waals surface area contributed by atoms with Crippen LogP contribution in [0.4, 0.5) is 0 Å².